The number of benzene rings is 2. The second-order valence-corrected chi connectivity index (χ2v) is 18.5. The molecule has 0 heterocycles. The first-order chi connectivity index (χ1) is 19.2. The zero-order chi connectivity index (χ0) is 29.7. The molecular formula is C40H52Cl2Zr-2. The van der Waals surface area contributed by atoms with Crippen molar-refractivity contribution >= 4 is 3.21 Å². The molecule has 0 spiro atoms. The summed E-state index contributed by atoms with van der Waals surface area (Å²) >= 11 is 1.55. The van der Waals surface area contributed by atoms with Crippen LogP contribution in [-0.2, 0) is 41.5 Å². The van der Waals surface area contributed by atoms with Crippen molar-refractivity contribution in [1.29, 1.82) is 0 Å². The number of hydrogen-bond donors (Lipinski definition) is 0. The van der Waals surface area contributed by atoms with Gasteiger partial charge in [0.15, 0.2) is 0 Å². The molecule has 3 aromatic carbocycles. The van der Waals surface area contributed by atoms with Crippen LogP contribution in [0.1, 0.15) is 127 Å². The van der Waals surface area contributed by atoms with E-state index in [0.717, 1.165) is 36.0 Å². The summed E-state index contributed by atoms with van der Waals surface area (Å²) in [5, 5.41) is 0. The summed E-state index contributed by atoms with van der Waals surface area (Å²) in [4.78, 5) is 0. The molecule has 232 valence electrons. The van der Waals surface area contributed by atoms with Gasteiger partial charge in [-0.15, -0.1) is 5.56 Å². The predicted octanol–water partition coefficient (Wildman–Crippen LogP) is 4.66. The van der Waals surface area contributed by atoms with Crippen LogP contribution >= 0.6 is 0 Å². The molecule has 3 heteroatoms. The van der Waals surface area contributed by atoms with Gasteiger partial charge >= 0.3 is 41.3 Å². The van der Waals surface area contributed by atoms with Crippen LogP contribution in [0, 0.1) is 36.7 Å². The summed E-state index contributed by atoms with van der Waals surface area (Å²) in [6, 6.07) is 22.2. The maximum Gasteiger partial charge on any atom is -0.0407 e. The minimum absolute atomic E-state index is 0. The summed E-state index contributed by atoms with van der Waals surface area (Å²) < 4.78 is 1.51. The molecular weight excluding hydrogens is 643 g/mol. The Bertz CT molecular complexity index is 1300. The molecule has 5 aliphatic rings. The third-order valence-electron chi connectivity index (χ3n) is 10.1. The van der Waals surface area contributed by atoms with E-state index in [1.165, 1.54) is 42.2 Å². The van der Waals surface area contributed by atoms with Crippen LogP contribution in [0.3, 0.4) is 0 Å². The predicted molar refractivity (Wildman–Crippen MR) is 174 cm³/mol. The van der Waals surface area contributed by atoms with Crippen molar-refractivity contribution in [2.45, 2.75) is 118 Å². The van der Waals surface area contributed by atoms with Crippen molar-refractivity contribution < 1.29 is 49.0 Å². The van der Waals surface area contributed by atoms with E-state index in [1.807, 2.05) is 0 Å². The summed E-state index contributed by atoms with van der Waals surface area (Å²) in [6.07, 6.45) is 8.77. The van der Waals surface area contributed by atoms with Gasteiger partial charge in [0, 0.05) is 0 Å². The van der Waals surface area contributed by atoms with Gasteiger partial charge in [-0.1, -0.05) is 89.1 Å². The van der Waals surface area contributed by atoms with Crippen LogP contribution in [0.25, 0.3) is 11.1 Å². The number of hydrogen-bond acceptors (Lipinski definition) is 0. The van der Waals surface area contributed by atoms with Crippen LogP contribution < -0.4 is 24.8 Å². The smallest absolute Gasteiger partial charge is 0.0407 e. The molecule has 0 aliphatic heterocycles. The number of aryl methyl sites for hydroxylation is 1. The van der Waals surface area contributed by atoms with Crippen LogP contribution in [0.15, 0.2) is 48.5 Å². The molecule has 8 rings (SSSR count). The molecule has 4 saturated carbocycles. The number of halogens is 2. The van der Waals surface area contributed by atoms with E-state index >= 15 is 0 Å². The van der Waals surface area contributed by atoms with Crippen LogP contribution in [0.5, 0.6) is 0 Å². The topological polar surface area (TPSA) is 0 Å². The fourth-order valence-electron chi connectivity index (χ4n) is 8.25. The SMILES string of the molecule is CC(C)(C)c1c[c-]c2c(c1)-c1cc(C(C)(C)C)ccc1C2.C[C](C)=[Zr+2].Cc1cc(C2C3CC4CC(C3)CC2C4)c[cH-]1.[Cl-].[Cl-]. The summed E-state index contributed by atoms with van der Waals surface area (Å²) in [5.41, 5.74) is 11.9. The molecule has 4 fully saturated rings. The molecule has 0 amide bonds. The molecule has 0 aromatic heterocycles. The van der Waals surface area contributed by atoms with Crippen molar-refractivity contribution in [3.63, 3.8) is 0 Å². The van der Waals surface area contributed by atoms with Crippen molar-refractivity contribution in [2.24, 2.45) is 23.7 Å². The summed E-state index contributed by atoms with van der Waals surface area (Å²) in [7, 11) is 0. The molecule has 3 aromatic rings. The van der Waals surface area contributed by atoms with E-state index in [1.54, 1.807) is 61.9 Å². The van der Waals surface area contributed by atoms with Crippen molar-refractivity contribution in [1.82, 2.24) is 0 Å². The van der Waals surface area contributed by atoms with Crippen LogP contribution in [0.2, 0.25) is 0 Å². The van der Waals surface area contributed by atoms with Crippen molar-refractivity contribution in [2.75, 3.05) is 0 Å². The van der Waals surface area contributed by atoms with Gasteiger partial charge in [-0.2, -0.15) is 52.6 Å². The molecule has 43 heavy (non-hydrogen) atoms. The average molecular weight is 695 g/mol. The largest absolute Gasteiger partial charge is 1.00 e. The Hall–Kier alpha value is -0.877. The first-order valence-electron chi connectivity index (χ1n) is 16.1. The van der Waals surface area contributed by atoms with E-state index in [0.29, 0.717) is 0 Å². The van der Waals surface area contributed by atoms with E-state index < -0.39 is 0 Å². The molecule has 0 N–H and O–H groups in total. The maximum atomic E-state index is 3.53. The number of rotatable bonds is 1. The summed E-state index contributed by atoms with van der Waals surface area (Å²) in [5.74, 6) is 5.22. The molecule has 5 aliphatic carbocycles. The van der Waals surface area contributed by atoms with Gasteiger partial charge in [0.05, 0.1) is 0 Å². The Labute approximate surface area is 290 Å². The van der Waals surface area contributed by atoms with Crippen molar-refractivity contribution in [3.8, 4) is 11.1 Å². The minimum atomic E-state index is 0. The van der Waals surface area contributed by atoms with Gasteiger partial charge in [-0.05, 0) is 73.2 Å². The van der Waals surface area contributed by atoms with Gasteiger partial charge in [0.2, 0.25) is 0 Å². The van der Waals surface area contributed by atoms with Gasteiger partial charge in [-0.3, -0.25) is 0 Å². The zero-order valence-electron chi connectivity index (χ0n) is 28.0. The summed E-state index contributed by atoms with van der Waals surface area (Å²) in [6.45, 7) is 20.1. The van der Waals surface area contributed by atoms with E-state index in [2.05, 4.69) is 117 Å². The fourth-order valence-corrected chi connectivity index (χ4v) is 8.25. The molecule has 0 unspecified atom stereocenters. The standard InChI is InChI=1S/C21H25.C16H21.C3H6.2ClH.Zr/c1-20(2,3)16-9-7-14-11-15-8-10-17(21(4,5)6)13-19(15)18(14)12-16;1-10-2-3-13(4-10)16-14-6-11-5-12(8-14)9-15(16)7-11;1-3-2;;;/h7,9-10,12-13H,11H2,1-6H3;2-4,11-12,14-16H,5-9H2,1H3;1-2H3;2*1H;/q2*-1;;;;+2/p-2. The van der Waals surface area contributed by atoms with Crippen molar-refractivity contribution in [3.05, 3.63) is 88.0 Å². The molecule has 0 saturated heterocycles. The number of fused-ring (bicyclic) bond motifs is 3. The Kier molecular flexibility index (Phi) is 12.1. The van der Waals surface area contributed by atoms with Gasteiger partial charge in [0.1, 0.15) is 0 Å². The van der Waals surface area contributed by atoms with E-state index in [-0.39, 0.29) is 35.6 Å². The molecule has 0 atom stereocenters. The first-order valence-corrected chi connectivity index (χ1v) is 17.4. The Balaban J connectivity index is 0.000000205. The Morgan fingerprint density at radius 3 is 1.81 bits per heavy atom. The monoisotopic (exact) mass is 692 g/mol. The van der Waals surface area contributed by atoms with E-state index in [4.69, 9.17) is 0 Å². The Morgan fingerprint density at radius 2 is 1.33 bits per heavy atom. The zero-order valence-corrected chi connectivity index (χ0v) is 32.0. The van der Waals surface area contributed by atoms with Gasteiger partial charge in [0.25, 0.3) is 0 Å². The van der Waals surface area contributed by atoms with Crippen LogP contribution in [-0.4, -0.2) is 3.21 Å². The molecule has 4 bridgehead atoms. The quantitative estimate of drug-likeness (QED) is 0.255. The van der Waals surface area contributed by atoms with E-state index in [9.17, 15) is 0 Å². The average Bonchev–Trinajstić information content (AvgIpc) is 3.45. The molecule has 0 radical (unpaired) electrons. The fraction of sp³-hybridized carbons (Fsp3) is 0.550. The minimum Gasteiger partial charge on any atom is -1.00 e. The third-order valence-corrected chi connectivity index (χ3v) is 10.1. The molecule has 0 nitrogen and oxygen atoms in total. The third kappa shape index (κ3) is 8.49. The second-order valence-electron chi connectivity index (χ2n) is 16.0. The van der Waals surface area contributed by atoms with Gasteiger partial charge in [-0.25, -0.2) is 6.07 Å². The van der Waals surface area contributed by atoms with Gasteiger partial charge < -0.3 is 24.8 Å². The first kappa shape index (κ1) is 36.6. The second kappa shape index (κ2) is 14.3. The van der Waals surface area contributed by atoms with Crippen LogP contribution in [0.4, 0.5) is 0 Å². The normalized spacial score (nSPS) is 24.3. The Morgan fingerprint density at radius 1 is 0.791 bits per heavy atom. The maximum absolute atomic E-state index is 3.53.